The molecule has 2 aliphatic rings. The van der Waals surface area contributed by atoms with Crippen LogP contribution in [0.2, 0.25) is 0 Å². The lowest BCUT2D eigenvalue weighted by Gasteiger charge is -2.28. The predicted molar refractivity (Wildman–Crippen MR) is 82.3 cm³/mol. The largest absolute Gasteiger partial charge is 0.464 e. The standard InChI is InChI=1S/C14H17N3O7S/c18-13(23-8-6-10-3-1-2-7-15-10)12-5-4-11-9-16(12)14(19)17(11)24-25(20,21)22/h1-3,7,11-12H,4-6,8-9H2,(H,20,21,22)/t11-,12+/m1/s1. The highest BCUT2D eigenvalue weighted by Crippen LogP contribution is 2.31. The zero-order valence-electron chi connectivity index (χ0n) is 13.1. The molecule has 3 heterocycles. The maximum absolute atomic E-state index is 12.3. The number of hydrogen-bond acceptors (Lipinski definition) is 7. The van der Waals surface area contributed by atoms with E-state index in [1.165, 1.54) is 4.90 Å². The van der Waals surface area contributed by atoms with E-state index in [0.717, 1.165) is 5.69 Å². The molecular formula is C14H17N3O7S. The highest BCUT2D eigenvalue weighted by atomic mass is 32.3. The summed E-state index contributed by atoms with van der Waals surface area (Å²) < 4.78 is 39.9. The minimum absolute atomic E-state index is 0.128. The molecule has 0 radical (unpaired) electrons. The summed E-state index contributed by atoms with van der Waals surface area (Å²) in [5.74, 6) is -0.559. The van der Waals surface area contributed by atoms with Gasteiger partial charge in [-0.3, -0.25) is 9.54 Å². The van der Waals surface area contributed by atoms with E-state index in [9.17, 15) is 18.0 Å². The van der Waals surface area contributed by atoms with Gasteiger partial charge in [0.2, 0.25) is 0 Å². The Morgan fingerprint density at radius 2 is 2.16 bits per heavy atom. The molecule has 2 atom stereocenters. The fourth-order valence-corrected chi connectivity index (χ4v) is 3.36. The van der Waals surface area contributed by atoms with Crippen LogP contribution in [0.1, 0.15) is 18.5 Å². The number of piperidine rings is 1. The predicted octanol–water partition coefficient (Wildman–Crippen LogP) is 0.170. The fourth-order valence-electron chi connectivity index (χ4n) is 2.97. The van der Waals surface area contributed by atoms with Crippen LogP contribution in [-0.4, -0.2) is 65.2 Å². The Kier molecular flexibility index (Phi) is 4.88. The first kappa shape index (κ1) is 17.6. The van der Waals surface area contributed by atoms with Crippen LogP contribution in [0.5, 0.6) is 0 Å². The second-order valence-corrected chi connectivity index (χ2v) is 6.75. The van der Waals surface area contributed by atoms with Gasteiger partial charge in [-0.1, -0.05) is 6.07 Å². The zero-order chi connectivity index (χ0) is 18.0. The molecule has 2 aliphatic heterocycles. The van der Waals surface area contributed by atoms with Crippen LogP contribution in [0.25, 0.3) is 0 Å². The van der Waals surface area contributed by atoms with Crippen molar-refractivity contribution in [2.24, 2.45) is 0 Å². The molecule has 10 nitrogen and oxygen atoms in total. The van der Waals surface area contributed by atoms with E-state index in [4.69, 9.17) is 9.29 Å². The number of urea groups is 1. The average Bonchev–Trinajstić information content (AvgIpc) is 2.79. The number of hydrogen-bond donors (Lipinski definition) is 1. The Bertz CT molecular complexity index is 755. The van der Waals surface area contributed by atoms with E-state index in [-0.39, 0.29) is 13.2 Å². The molecule has 1 aromatic rings. The number of carbonyl (C=O) groups is 2. The lowest BCUT2D eigenvalue weighted by molar-refractivity contribution is -0.149. The average molecular weight is 371 g/mol. The minimum atomic E-state index is -4.81. The van der Waals surface area contributed by atoms with E-state index < -0.39 is 34.5 Å². The zero-order valence-corrected chi connectivity index (χ0v) is 14.0. The number of pyridine rings is 1. The van der Waals surface area contributed by atoms with Crippen molar-refractivity contribution >= 4 is 22.4 Å². The molecule has 2 amide bonds. The van der Waals surface area contributed by atoms with Crippen LogP contribution in [-0.2, 0) is 30.6 Å². The molecule has 0 aromatic carbocycles. The highest BCUT2D eigenvalue weighted by molar-refractivity contribution is 7.80. The van der Waals surface area contributed by atoms with Crippen LogP contribution < -0.4 is 0 Å². The molecule has 2 fully saturated rings. The number of carbonyl (C=O) groups excluding carboxylic acids is 2. The van der Waals surface area contributed by atoms with E-state index in [0.29, 0.717) is 24.3 Å². The first-order chi connectivity index (χ1) is 11.8. The molecule has 1 N–H and O–H groups in total. The number of rotatable bonds is 6. The summed E-state index contributed by atoms with van der Waals surface area (Å²) in [5.41, 5.74) is 0.781. The molecule has 136 valence electrons. The quantitative estimate of drug-likeness (QED) is 0.554. The van der Waals surface area contributed by atoms with E-state index in [2.05, 4.69) is 9.27 Å². The molecule has 11 heteroatoms. The van der Waals surface area contributed by atoms with Gasteiger partial charge in [-0.15, -0.1) is 4.28 Å². The van der Waals surface area contributed by atoms with Crippen molar-refractivity contribution in [1.29, 1.82) is 0 Å². The Hall–Kier alpha value is -2.24. The molecule has 25 heavy (non-hydrogen) atoms. The Morgan fingerprint density at radius 1 is 1.36 bits per heavy atom. The van der Waals surface area contributed by atoms with Crippen molar-refractivity contribution in [3.8, 4) is 0 Å². The maximum atomic E-state index is 12.3. The second-order valence-electron chi connectivity index (χ2n) is 5.75. The maximum Gasteiger partial charge on any atom is 0.418 e. The van der Waals surface area contributed by atoms with Crippen LogP contribution in [0.4, 0.5) is 4.79 Å². The van der Waals surface area contributed by atoms with Gasteiger partial charge < -0.3 is 9.64 Å². The Balaban J connectivity index is 1.57. The molecule has 3 rings (SSSR count). The Labute approximate surface area is 144 Å². The summed E-state index contributed by atoms with van der Waals surface area (Å²) >= 11 is 0. The van der Waals surface area contributed by atoms with Gasteiger partial charge in [0.15, 0.2) is 0 Å². The third-order valence-corrected chi connectivity index (χ3v) is 4.45. The van der Waals surface area contributed by atoms with E-state index >= 15 is 0 Å². The Morgan fingerprint density at radius 3 is 2.84 bits per heavy atom. The molecule has 0 unspecified atom stereocenters. The van der Waals surface area contributed by atoms with Crippen LogP contribution in [0, 0.1) is 0 Å². The van der Waals surface area contributed by atoms with Crippen LogP contribution >= 0.6 is 0 Å². The number of esters is 1. The highest BCUT2D eigenvalue weighted by Gasteiger charge is 2.49. The van der Waals surface area contributed by atoms with Gasteiger partial charge in [0.25, 0.3) is 0 Å². The summed E-state index contributed by atoms with van der Waals surface area (Å²) in [6.45, 7) is 0.261. The second kappa shape index (κ2) is 6.94. The first-order valence-corrected chi connectivity index (χ1v) is 9.05. The fraction of sp³-hybridized carbons (Fsp3) is 0.500. The number of aromatic nitrogens is 1. The van der Waals surface area contributed by atoms with Crippen molar-refractivity contribution in [3.63, 3.8) is 0 Å². The summed E-state index contributed by atoms with van der Waals surface area (Å²) in [5, 5.41) is 0.594. The molecule has 0 saturated carbocycles. The lowest BCUT2D eigenvalue weighted by Crippen LogP contribution is -2.46. The SMILES string of the molecule is O=C(OCCc1ccccn1)[C@@H]1CC[C@@H]2CN1C(=O)N2OS(=O)(=O)O. The number of amides is 2. The molecule has 0 aliphatic carbocycles. The smallest absolute Gasteiger partial charge is 0.418 e. The van der Waals surface area contributed by atoms with Gasteiger partial charge in [-0.2, -0.15) is 13.5 Å². The van der Waals surface area contributed by atoms with Crippen LogP contribution in [0.3, 0.4) is 0 Å². The molecular weight excluding hydrogens is 354 g/mol. The summed E-state index contributed by atoms with van der Waals surface area (Å²) in [4.78, 5) is 29.8. The molecule has 2 saturated heterocycles. The van der Waals surface area contributed by atoms with Gasteiger partial charge in [-0.05, 0) is 25.0 Å². The third-order valence-electron chi connectivity index (χ3n) is 4.10. The van der Waals surface area contributed by atoms with Crippen molar-refractivity contribution in [1.82, 2.24) is 14.9 Å². The van der Waals surface area contributed by atoms with Crippen molar-refractivity contribution < 1.29 is 31.6 Å². The van der Waals surface area contributed by atoms with Crippen molar-refractivity contribution in [3.05, 3.63) is 30.1 Å². The first-order valence-electron chi connectivity index (χ1n) is 7.68. The molecule has 1 aromatic heterocycles. The number of hydroxylamine groups is 2. The number of fused-ring (bicyclic) bond motifs is 2. The monoisotopic (exact) mass is 371 g/mol. The summed E-state index contributed by atoms with van der Waals surface area (Å²) in [6, 6.07) is 3.31. The van der Waals surface area contributed by atoms with Gasteiger partial charge in [0.1, 0.15) is 6.04 Å². The summed E-state index contributed by atoms with van der Waals surface area (Å²) in [6.07, 6.45) is 2.78. The van der Waals surface area contributed by atoms with Crippen molar-refractivity contribution in [2.45, 2.75) is 31.3 Å². The van der Waals surface area contributed by atoms with Gasteiger partial charge in [-0.25, -0.2) is 9.59 Å². The van der Waals surface area contributed by atoms with Crippen LogP contribution in [0.15, 0.2) is 24.4 Å². The lowest BCUT2D eigenvalue weighted by atomic mass is 10.0. The number of ether oxygens (including phenoxy) is 1. The van der Waals surface area contributed by atoms with E-state index in [1.54, 1.807) is 12.3 Å². The van der Waals surface area contributed by atoms with Gasteiger partial charge >= 0.3 is 22.4 Å². The number of nitrogens with zero attached hydrogens (tertiary/aromatic N) is 3. The normalized spacial score (nSPS) is 23.0. The molecule has 2 bridgehead atoms. The summed E-state index contributed by atoms with van der Waals surface area (Å²) in [7, 11) is -4.81. The van der Waals surface area contributed by atoms with Gasteiger partial charge in [0.05, 0.1) is 12.6 Å². The molecule has 0 spiro atoms. The topological polar surface area (TPSA) is 126 Å². The third kappa shape index (κ3) is 4.06. The van der Waals surface area contributed by atoms with Gasteiger partial charge in [0, 0.05) is 24.9 Å². The van der Waals surface area contributed by atoms with Crippen molar-refractivity contribution in [2.75, 3.05) is 13.2 Å². The minimum Gasteiger partial charge on any atom is -0.464 e. The van der Waals surface area contributed by atoms with E-state index in [1.807, 2.05) is 12.1 Å².